The van der Waals surface area contributed by atoms with Gasteiger partial charge in [-0.2, -0.15) is 0 Å². The van der Waals surface area contributed by atoms with Gasteiger partial charge >= 0.3 is 0 Å². The Hall–Kier alpha value is -2.90. The number of amides is 1. The van der Waals surface area contributed by atoms with Crippen molar-refractivity contribution in [2.45, 2.75) is 45.4 Å². The highest BCUT2D eigenvalue weighted by Crippen LogP contribution is 2.26. The SMILES string of the molecule is CCC(F)(F)CCN1C(=O)c2c(OCc3ccccc3)c(=O)ccn2NC1C. The van der Waals surface area contributed by atoms with Crippen LogP contribution in [0.15, 0.2) is 47.4 Å². The summed E-state index contributed by atoms with van der Waals surface area (Å²) in [7, 11) is 0. The third-order valence-electron chi connectivity index (χ3n) is 4.77. The molecule has 28 heavy (non-hydrogen) atoms. The number of ether oxygens (including phenoxy) is 1. The van der Waals surface area contributed by atoms with E-state index >= 15 is 0 Å². The first-order valence-electron chi connectivity index (χ1n) is 9.20. The van der Waals surface area contributed by atoms with Crippen molar-refractivity contribution in [2.24, 2.45) is 0 Å². The highest BCUT2D eigenvalue weighted by atomic mass is 19.3. The average molecular weight is 391 g/mol. The summed E-state index contributed by atoms with van der Waals surface area (Å²) in [5.74, 6) is -3.46. The Kier molecular flexibility index (Phi) is 5.67. The zero-order chi connectivity index (χ0) is 20.3. The van der Waals surface area contributed by atoms with Gasteiger partial charge in [-0.1, -0.05) is 37.3 Å². The van der Waals surface area contributed by atoms with Gasteiger partial charge in [-0.15, -0.1) is 0 Å². The Morgan fingerprint density at radius 1 is 1.18 bits per heavy atom. The summed E-state index contributed by atoms with van der Waals surface area (Å²) in [6, 6.07) is 10.5. The number of nitrogens with zero attached hydrogens (tertiary/aromatic N) is 2. The lowest BCUT2D eigenvalue weighted by Gasteiger charge is -2.37. The fraction of sp³-hybridized carbons (Fsp3) is 0.400. The number of rotatable bonds is 7. The summed E-state index contributed by atoms with van der Waals surface area (Å²) < 4.78 is 34.4. The number of hydrogen-bond donors (Lipinski definition) is 1. The molecule has 0 fully saturated rings. The monoisotopic (exact) mass is 391 g/mol. The Balaban J connectivity index is 1.87. The van der Waals surface area contributed by atoms with Crippen molar-refractivity contribution in [2.75, 3.05) is 12.0 Å². The van der Waals surface area contributed by atoms with Gasteiger partial charge in [0.15, 0.2) is 11.4 Å². The molecule has 1 atom stereocenters. The van der Waals surface area contributed by atoms with Gasteiger partial charge in [0.1, 0.15) is 12.8 Å². The molecule has 0 radical (unpaired) electrons. The van der Waals surface area contributed by atoms with E-state index in [9.17, 15) is 18.4 Å². The van der Waals surface area contributed by atoms with Crippen LogP contribution in [-0.2, 0) is 6.61 Å². The maximum Gasteiger partial charge on any atom is 0.278 e. The normalized spacial score (nSPS) is 16.5. The third-order valence-corrected chi connectivity index (χ3v) is 4.77. The summed E-state index contributed by atoms with van der Waals surface area (Å²) in [6.45, 7) is 3.09. The van der Waals surface area contributed by atoms with Crippen molar-refractivity contribution in [1.29, 1.82) is 0 Å². The van der Waals surface area contributed by atoms with E-state index in [1.807, 2.05) is 30.3 Å². The van der Waals surface area contributed by atoms with Crippen LogP contribution in [0.2, 0.25) is 0 Å². The van der Waals surface area contributed by atoms with E-state index in [4.69, 9.17) is 4.74 Å². The van der Waals surface area contributed by atoms with Gasteiger partial charge in [0.2, 0.25) is 11.4 Å². The second-order valence-corrected chi connectivity index (χ2v) is 6.77. The minimum absolute atomic E-state index is 0.0151. The number of hydrogen-bond acceptors (Lipinski definition) is 4. The number of nitrogens with one attached hydrogen (secondary N) is 1. The first-order valence-corrected chi connectivity index (χ1v) is 9.20. The molecule has 1 amide bonds. The number of alkyl halides is 2. The molecule has 8 heteroatoms. The maximum absolute atomic E-state index is 13.7. The lowest BCUT2D eigenvalue weighted by Crippen LogP contribution is -2.53. The van der Waals surface area contributed by atoms with Gasteiger partial charge in [-0.25, -0.2) is 8.78 Å². The van der Waals surface area contributed by atoms with Crippen LogP contribution in [0.1, 0.15) is 42.7 Å². The quantitative estimate of drug-likeness (QED) is 0.787. The van der Waals surface area contributed by atoms with Crippen LogP contribution in [0, 0.1) is 0 Å². The molecule has 1 N–H and O–H groups in total. The van der Waals surface area contributed by atoms with Gasteiger partial charge in [0.25, 0.3) is 5.91 Å². The molecule has 0 bridgehead atoms. The summed E-state index contributed by atoms with van der Waals surface area (Å²) in [5, 5.41) is 0. The Bertz CT molecular complexity index is 899. The number of pyridine rings is 1. The van der Waals surface area contributed by atoms with E-state index in [2.05, 4.69) is 5.43 Å². The maximum atomic E-state index is 13.7. The van der Waals surface area contributed by atoms with Gasteiger partial charge in [0.05, 0.1) is 0 Å². The number of fused-ring (bicyclic) bond motifs is 1. The molecule has 1 aromatic heterocycles. The molecular weight excluding hydrogens is 368 g/mol. The highest BCUT2D eigenvalue weighted by molar-refractivity contribution is 5.96. The van der Waals surface area contributed by atoms with Crippen LogP contribution in [-0.4, -0.2) is 34.1 Å². The van der Waals surface area contributed by atoms with E-state index in [1.165, 1.54) is 28.8 Å². The van der Waals surface area contributed by atoms with E-state index in [0.29, 0.717) is 0 Å². The molecule has 0 saturated carbocycles. The molecule has 0 aliphatic carbocycles. The van der Waals surface area contributed by atoms with E-state index < -0.39 is 29.8 Å². The number of halogens is 2. The van der Waals surface area contributed by atoms with Crippen LogP contribution < -0.4 is 15.6 Å². The lowest BCUT2D eigenvalue weighted by molar-refractivity contribution is -0.0206. The van der Waals surface area contributed by atoms with Gasteiger partial charge in [-0.3, -0.25) is 14.3 Å². The molecule has 2 heterocycles. The number of aromatic nitrogens is 1. The second kappa shape index (κ2) is 8.00. The molecular formula is C20H23F2N3O3. The molecule has 1 aliphatic rings. The third kappa shape index (κ3) is 4.16. The Morgan fingerprint density at radius 2 is 1.89 bits per heavy atom. The number of benzene rings is 1. The molecule has 2 aromatic rings. The minimum atomic E-state index is -2.85. The minimum Gasteiger partial charge on any atom is -0.482 e. The van der Waals surface area contributed by atoms with E-state index in [-0.39, 0.29) is 31.0 Å². The summed E-state index contributed by atoms with van der Waals surface area (Å²) in [6.07, 6.45) is 0.202. The summed E-state index contributed by atoms with van der Waals surface area (Å²) >= 11 is 0. The van der Waals surface area contributed by atoms with Crippen molar-refractivity contribution in [3.8, 4) is 5.75 Å². The molecule has 3 rings (SSSR count). The number of carbonyl (C=O) groups excluding carboxylic acids is 1. The fourth-order valence-corrected chi connectivity index (χ4v) is 3.03. The molecule has 6 nitrogen and oxygen atoms in total. The fourth-order valence-electron chi connectivity index (χ4n) is 3.03. The van der Waals surface area contributed by atoms with Crippen LogP contribution in [0.25, 0.3) is 0 Å². The predicted octanol–water partition coefficient (Wildman–Crippen LogP) is 3.21. The molecule has 0 spiro atoms. The second-order valence-electron chi connectivity index (χ2n) is 6.77. The first kappa shape index (κ1) is 19.9. The van der Waals surface area contributed by atoms with Gasteiger partial charge < -0.3 is 15.1 Å². The standard InChI is InChI=1S/C20H23F2N3O3/c1-3-20(21,22)10-12-24-14(2)23-25-11-9-16(26)18(17(25)19(24)27)28-13-15-7-5-4-6-8-15/h4-9,11,14,23H,3,10,12-13H2,1-2H3. The van der Waals surface area contributed by atoms with Crippen LogP contribution in [0.5, 0.6) is 5.75 Å². The molecule has 1 unspecified atom stereocenters. The molecule has 1 aromatic carbocycles. The lowest BCUT2D eigenvalue weighted by atomic mass is 10.1. The van der Waals surface area contributed by atoms with E-state index in [1.54, 1.807) is 6.92 Å². The smallest absolute Gasteiger partial charge is 0.278 e. The Morgan fingerprint density at radius 3 is 2.57 bits per heavy atom. The van der Waals surface area contributed by atoms with Crippen molar-refractivity contribution in [3.05, 3.63) is 64.1 Å². The first-order chi connectivity index (χ1) is 13.3. The van der Waals surface area contributed by atoms with Crippen molar-refractivity contribution >= 4 is 5.91 Å². The topological polar surface area (TPSA) is 63.6 Å². The van der Waals surface area contributed by atoms with E-state index in [0.717, 1.165) is 5.56 Å². The van der Waals surface area contributed by atoms with Crippen LogP contribution in [0.3, 0.4) is 0 Å². The molecule has 150 valence electrons. The molecule has 0 saturated heterocycles. The van der Waals surface area contributed by atoms with Crippen molar-refractivity contribution < 1.29 is 18.3 Å². The summed E-state index contributed by atoms with van der Waals surface area (Å²) in [4.78, 5) is 26.7. The zero-order valence-electron chi connectivity index (χ0n) is 15.8. The highest BCUT2D eigenvalue weighted by Gasteiger charge is 2.35. The molecule has 1 aliphatic heterocycles. The van der Waals surface area contributed by atoms with Gasteiger partial charge in [0, 0.05) is 31.6 Å². The Labute approximate surface area is 161 Å². The largest absolute Gasteiger partial charge is 0.482 e. The van der Waals surface area contributed by atoms with Crippen LogP contribution >= 0.6 is 0 Å². The van der Waals surface area contributed by atoms with Crippen molar-refractivity contribution in [1.82, 2.24) is 9.58 Å². The summed E-state index contributed by atoms with van der Waals surface area (Å²) in [5.41, 5.74) is 3.44. The average Bonchev–Trinajstić information content (AvgIpc) is 2.68. The van der Waals surface area contributed by atoms with Crippen molar-refractivity contribution in [3.63, 3.8) is 0 Å². The number of carbonyl (C=O) groups is 1. The van der Waals surface area contributed by atoms with Crippen LogP contribution in [0.4, 0.5) is 8.78 Å². The predicted molar refractivity (Wildman–Crippen MR) is 101 cm³/mol. The van der Waals surface area contributed by atoms with Gasteiger partial charge in [-0.05, 0) is 12.5 Å². The zero-order valence-corrected chi connectivity index (χ0v) is 15.8.